The van der Waals surface area contributed by atoms with E-state index in [1.807, 2.05) is 60.7 Å². The highest BCUT2D eigenvalue weighted by Crippen LogP contribution is 2.40. The minimum absolute atomic E-state index is 0.00231. The number of hydrogen-bond donors (Lipinski definition) is 2. The molecule has 3 atom stereocenters. The van der Waals surface area contributed by atoms with Crippen LogP contribution in [0.5, 0.6) is 11.5 Å². The van der Waals surface area contributed by atoms with Crippen molar-refractivity contribution in [1.82, 2.24) is 20.2 Å². The number of carbonyl (C=O) groups excluding carboxylic acids is 1. The van der Waals surface area contributed by atoms with Crippen LogP contribution in [0.15, 0.2) is 115 Å². The van der Waals surface area contributed by atoms with Crippen LogP contribution in [0.25, 0.3) is 22.2 Å². The van der Waals surface area contributed by atoms with Crippen LogP contribution < -0.4 is 14.8 Å². The second kappa shape index (κ2) is 16.4. The van der Waals surface area contributed by atoms with Gasteiger partial charge in [-0.3, -0.25) is 14.7 Å². The molecule has 2 aliphatic rings. The summed E-state index contributed by atoms with van der Waals surface area (Å²) in [6.45, 7) is 2.82. The first-order chi connectivity index (χ1) is 27.0. The molecule has 3 heterocycles. The van der Waals surface area contributed by atoms with Crippen molar-refractivity contribution in [2.24, 2.45) is 0 Å². The third-order valence-electron chi connectivity index (χ3n) is 10.5. The molecule has 1 fully saturated rings. The molecular formula is C45H44N4O6. The standard InChI is InChI=1S/C45H44N4O6/c1-52-42-21-35-18-19-49(26-36(35)22-43(42)53-2)27-37-23-41(32-12-10-29(28-50)11-13-32)55-45(54-37)33-16-14-31(15-17-33)34-7-5-6-30(20-34)24-47-44(51)40-25-46-38-8-3-4-9-39(38)48-40/h3-17,20-22,25,37,41,45,50H,18-19,23-24,26-28H2,1-2H3,(H,47,51)/t37-,41+,45+/m0/s1. The fraction of sp³-hybridized carbons (Fsp3) is 0.267. The summed E-state index contributed by atoms with van der Waals surface area (Å²) in [5, 5.41) is 12.6. The Morgan fingerprint density at radius 3 is 2.33 bits per heavy atom. The number of carbonyl (C=O) groups is 1. The normalized spacial score (nSPS) is 18.4. The number of hydrogen-bond acceptors (Lipinski definition) is 9. The number of methoxy groups -OCH3 is 2. The maximum absolute atomic E-state index is 12.9. The summed E-state index contributed by atoms with van der Waals surface area (Å²) in [5.74, 6) is 1.23. The lowest BCUT2D eigenvalue weighted by Gasteiger charge is -2.39. The van der Waals surface area contributed by atoms with E-state index in [-0.39, 0.29) is 30.4 Å². The molecule has 10 nitrogen and oxygen atoms in total. The van der Waals surface area contributed by atoms with E-state index in [0.29, 0.717) is 18.5 Å². The second-order valence-electron chi connectivity index (χ2n) is 14.1. The van der Waals surface area contributed by atoms with Crippen molar-refractivity contribution in [3.05, 3.63) is 154 Å². The number of aromatic nitrogens is 2. The van der Waals surface area contributed by atoms with Gasteiger partial charge in [-0.1, -0.05) is 78.9 Å². The van der Waals surface area contributed by atoms with Crippen LogP contribution in [0.2, 0.25) is 0 Å². The van der Waals surface area contributed by atoms with E-state index in [1.54, 1.807) is 14.2 Å². The molecule has 0 spiro atoms. The van der Waals surface area contributed by atoms with E-state index in [9.17, 15) is 9.90 Å². The summed E-state index contributed by atoms with van der Waals surface area (Å²) >= 11 is 0. The SMILES string of the molecule is COc1cc2c(cc1OC)CN(C[C@@H]1C[C@H](c3ccc(CO)cc3)O[C@H](c3ccc(-c4cccc(CNC(=O)c5cnc6ccccc6n5)c4)cc3)O1)CC2. The number of fused-ring (bicyclic) bond motifs is 2. The minimum atomic E-state index is -0.559. The number of benzene rings is 5. The number of rotatable bonds is 11. The Kier molecular flexibility index (Phi) is 10.8. The zero-order chi connectivity index (χ0) is 37.7. The van der Waals surface area contributed by atoms with Gasteiger partial charge in [0.1, 0.15) is 5.69 Å². The van der Waals surface area contributed by atoms with Gasteiger partial charge in [-0.15, -0.1) is 0 Å². The fourth-order valence-corrected chi connectivity index (χ4v) is 7.45. The molecule has 0 unspecified atom stereocenters. The fourth-order valence-electron chi connectivity index (χ4n) is 7.45. The number of aliphatic hydroxyl groups excluding tert-OH is 1. The van der Waals surface area contributed by atoms with Crippen LogP contribution in [0.4, 0.5) is 0 Å². The van der Waals surface area contributed by atoms with Crippen molar-refractivity contribution in [2.75, 3.05) is 27.3 Å². The van der Waals surface area contributed by atoms with Gasteiger partial charge in [0, 0.05) is 38.2 Å². The maximum atomic E-state index is 12.9. The van der Waals surface area contributed by atoms with Crippen LogP contribution in [0.1, 0.15) is 62.7 Å². The Hall–Kier alpha value is -5.65. The molecule has 1 amide bonds. The predicted molar refractivity (Wildman–Crippen MR) is 210 cm³/mol. The number of para-hydroxylation sites is 2. The second-order valence-corrected chi connectivity index (χ2v) is 14.1. The summed E-state index contributed by atoms with van der Waals surface area (Å²) < 4.78 is 24.5. The number of ether oxygens (including phenoxy) is 4. The van der Waals surface area contributed by atoms with Gasteiger partial charge in [0.25, 0.3) is 5.91 Å². The average molecular weight is 737 g/mol. The highest BCUT2D eigenvalue weighted by molar-refractivity contribution is 5.93. The maximum Gasteiger partial charge on any atom is 0.271 e. The third kappa shape index (κ3) is 8.23. The first-order valence-electron chi connectivity index (χ1n) is 18.6. The van der Waals surface area contributed by atoms with Gasteiger partial charge in [0.2, 0.25) is 0 Å². The van der Waals surface area contributed by atoms with Crippen molar-refractivity contribution < 1.29 is 28.8 Å². The summed E-state index contributed by atoms with van der Waals surface area (Å²) in [5.41, 5.74) is 10.2. The van der Waals surface area contributed by atoms with Gasteiger partial charge in [0.15, 0.2) is 17.8 Å². The van der Waals surface area contributed by atoms with Crippen molar-refractivity contribution in [1.29, 1.82) is 0 Å². The molecule has 2 N–H and O–H groups in total. The van der Waals surface area contributed by atoms with Gasteiger partial charge >= 0.3 is 0 Å². The van der Waals surface area contributed by atoms with Crippen LogP contribution in [-0.4, -0.2) is 59.3 Å². The number of nitrogens with zero attached hydrogens (tertiary/aromatic N) is 3. The van der Waals surface area contributed by atoms with Crippen LogP contribution in [-0.2, 0) is 35.6 Å². The molecule has 1 aromatic heterocycles. The van der Waals surface area contributed by atoms with Gasteiger partial charge in [0.05, 0.1) is 50.3 Å². The summed E-state index contributed by atoms with van der Waals surface area (Å²) in [6.07, 6.45) is 2.33. The van der Waals surface area contributed by atoms with Crippen molar-refractivity contribution in [3.63, 3.8) is 0 Å². The lowest BCUT2D eigenvalue weighted by Crippen LogP contribution is -2.41. The molecule has 10 heteroatoms. The monoisotopic (exact) mass is 736 g/mol. The lowest BCUT2D eigenvalue weighted by molar-refractivity contribution is -0.253. The third-order valence-corrected chi connectivity index (χ3v) is 10.5. The molecule has 55 heavy (non-hydrogen) atoms. The summed E-state index contributed by atoms with van der Waals surface area (Å²) in [6, 6.07) is 36.1. The summed E-state index contributed by atoms with van der Waals surface area (Å²) in [4.78, 5) is 24.2. The molecule has 280 valence electrons. The molecule has 0 radical (unpaired) electrons. The van der Waals surface area contributed by atoms with E-state index in [4.69, 9.17) is 18.9 Å². The van der Waals surface area contributed by atoms with Gasteiger partial charge < -0.3 is 29.4 Å². The molecule has 2 aliphatic heterocycles. The topological polar surface area (TPSA) is 115 Å². The molecule has 6 aromatic rings. The molecule has 8 rings (SSSR count). The van der Waals surface area contributed by atoms with E-state index < -0.39 is 6.29 Å². The lowest BCUT2D eigenvalue weighted by atomic mass is 9.96. The minimum Gasteiger partial charge on any atom is -0.493 e. The van der Waals surface area contributed by atoms with Crippen LogP contribution in [0.3, 0.4) is 0 Å². The van der Waals surface area contributed by atoms with Crippen LogP contribution in [0, 0.1) is 0 Å². The van der Waals surface area contributed by atoms with Crippen molar-refractivity contribution in [2.45, 2.75) is 51.0 Å². The van der Waals surface area contributed by atoms with E-state index in [0.717, 1.165) is 76.5 Å². The zero-order valence-electron chi connectivity index (χ0n) is 31.0. The smallest absolute Gasteiger partial charge is 0.271 e. The number of amides is 1. The van der Waals surface area contributed by atoms with Gasteiger partial charge in [-0.25, -0.2) is 4.98 Å². The molecule has 0 saturated carbocycles. The predicted octanol–water partition coefficient (Wildman–Crippen LogP) is 7.34. The Labute approximate surface area is 320 Å². The highest BCUT2D eigenvalue weighted by Gasteiger charge is 2.34. The van der Waals surface area contributed by atoms with Crippen LogP contribution >= 0.6 is 0 Å². The molecule has 0 bridgehead atoms. The average Bonchev–Trinajstić information content (AvgIpc) is 3.25. The Bertz CT molecular complexity index is 2280. The molecular weight excluding hydrogens is 693 g/mol. The molecule has 5 aromatic carbocycles. The highest BCUT2D eigenvalue weighted by atomic mass is 16.7. The van der Waals surface area contributed by atoms with E-state index in [2.05, 4.69) is 68.7 Å². The van der Waals surface area contributed by atoms with Crippen molar-refractivity contribution >= 4 is 16.9 Å². The largest absolute Gasteiger partial charge is 0.493 e. The zero-order valence-corrected chi connectivity index (χ0v) is 31.0. The van der Waals surface area contributed by atoms with Gasteiger partial charge in [-0.05, 0) is 75.7 Å². The molecule has 0 aliphatic carbocycles. The Balaban J connectivity index is 0.962. The Morgan fingerprint density at radius 1 is 0.818 bits per heavy atom. The van der Waals surface area contributed by atoms with E-state index >= 15 is 0 Å². The van der Waals surface area contributed by atoms with Gasteiger partial charge in [-0.2, -0.15) is 0 Å². The Morgan fingerprint density at radius 2 is 1.56 bits per heavy atom. The first kappa shape index (κ1) is 36.3. The van der Waals surface area contributed by atoms with Crippen molar-refractivity contribution in [3.8, 4) is 22.6 Å². The molecule has 1 saturated heterocycles. The summed E-state index contributed by atoms with van der Waals surface area (Å²) in [7, 11) is 3.34. The number of nitrogens with one attached hydrogen (secondary N) is 1. The quantitative estimate of drug-likeness (QED) is 0.141. The first-order valence-corrected chi connectivity index (χ1v) is 18.6. The van der Waals surface area contributed by atoms with E-state index in [1.165, 1.54) is 17.3 Å². The number of aliphatic hydroxyl groups is 1.